The molecule has 28 heavy (non-hydrogen) atoms. The van der Waals surface area contributed by atoms with Gasteiger partial charge >= 0.3 is 0 Å². The van der Waals surface area contributed by atoms with Gasteiger partial charge in [-0.05, 0) is 57.2 Å². The van der Waals surface area contributed by atoms with E-state index in [2.05, 4.69) is 22.5 Å². The molecule has 0 radical (unpaired) electrons. The molecule has 1 atom stereocenters. The molecule has 0 bridgehead atoms. The molecular formula is C21H27N3O3S. The standard InChI is InChI=1S/C21H27N3O3S/c1-4-26-17-11-14(9-10-16(17)27-15-7-5-6-8-15)20-19-13(2)23-24(3)21(19)22-18(25)12-28-20/h9-11,15,20H,4-8,12H2,1-3H3,(H,22,25)/t20-/m1/s1. The third kappa shape index (κ3) is 3.72. The maximum Gasteiger partial charge on any atom is 0.235 e. The first kappa shape index (κ1) is 19.2. The first-order valence-electron chi connectivity index (χ1n) is 9.95. The summed E-state index contributed by atoms with van der Waals surface area (Å²) in [6.45, 7) is 4.56. The fourth-order valence-electron chi connectivity index (χ4n) is 4.05. The SMILES string of the molecule is CCOc1cc([C@H]2SCC(=O)Nc3c2c(C)nn3C)ccc1OC1CCCC1. The van der Waals surface area contributed by atoms with E-state index in [0.717, 1.165) is 47.0 Å². The minimum atomic E-state index is 0.00275. The van der Waals surface area contributed by atoms with Crippen LogP contribution in [0.5, 0.6) is 11.5 Å². The normalized spacial score (nSPS) is 19.8. The Kier molecular flexibility index (Phi) is 5.53. The van der Waals surface area contributed by atoms with Crippen LogP contribution >= 0.6 is 11.8 Å². The topological polar surface area (TPSA) is 65.4 Å². The van der Waals surface area contributed by atoms with Crippen LogP contribution in [0, 0.1) is 6.92 Å². The highest BCUT2D eigenvalue weighted by molar-refractivity contribution is 8.00. The van der Waals surface area contributed by atoms with Gasteiger partial charge in [-0.15, -0.1) is 11.8 Å². The highest BCUT2D eigenvalue weighted by Crippen LogP contribution is 2.45. The van der Waals surface area contributed by atoms with E-state index < -0.39 is 0 Å². The Labute approximate surface area is 170 Å². The Hall–Kier alpha value is -2.15. The van der Waals surface area contributed by atoms with Gasteiger partial charge in [-0.25, -0.2) is 0 Å². The van der Waals surface area contributed by atoms with Crippen molar-refractivity contribution in [2.24, 2.45) is 7.05 Å². The number of carbonyl (C=O) groups is 1. The maximum atomic E-state index is 12.2. The van der Waals surface area contributed by atoms with Gasteiger partial charge in [0.1, 0.15) is 5.82 Å². The molecule has 2 aliphatic rings. The minimum Gasteiger partial charge on any atom is -0.490 e. The second-order valence-electron chi connectivity index (χ2n) is 7.37. The van der Waals surface area contributed by atoms with Gasteiger partial charge in [0.15, 0.2) is 11.5 Å². The Bertz CT molecular complexity index is 874. The van der Waals surface area contributed by atoms with Gasteiger partial charge < -0.3 is 14.8 Å². The van der Waals surface area contributed by atoms with Gasteiger partial charge in [0.25, 0.3) is 0 Å². The lowest BCUT2D eigenvalue weighted by atomic mass is 10.0. The molecule has 7 heteroatoms. The predicted octanol–water partition coefficient (Wildman–Crippen LogP) is 4.22. The summed E-state index contributed by atoms with van der Waals surface area (Å²) in [7, 11) is 1.86. The lowest BCUT2D eigenvalue weighted by Crippen LogP contribution is -2.15. The van der Waals surface area contributed by atoms with Crippen molar-refractivity contribution in [3.8, 4) is 11.5 Å². The monoisotopic (exact) mass is 401 g/mol. The van der Waals surface area contributed by atoms with Crippen molar-refractivity contribution in [3.05, 3.63) is 35.0 Å². The van der Waals surface area contributed by atoms with Crippen LogP contribution in [0.3, 0.4) is 0 Å². The average molecular weight is 402 g/mol. The van der Waals surface area contributed by atoms with E-state index in [9.17, 15) is 4.79 Å². The summed E-state index contributed by atoms with van der Waals surface area (Å²) < 4.78 is 13.9. The number of nitrogens with zero attached hydrogens (tertiary/aromatic N) is 2. The molecule has 1 amide bonds. The van der Waals surface area contributed by atoms with Crippen molar-refractivity contribution in [2.75, 3.05) is 17.7 Å². The Morgan fingerprint density at radius 1 is 1.29 bits per heavy atom. The first-order chi connectivity index (χ1) is 13.6. The van der Waals surface area contributed by atoms with E-state index >= 15 is 0 Å². The summed E-state index contributed by atoms with van der Waals surface area (Å²) in [6.07, 6.45) is 4.96. The van der Waals surface area contributed by atoms with Crippen molar-refractivity contribution < 1.29 is 14.3 Å². The quantitative estimate of drug-likeness (QED) is 0.812. The molecule has 4 rings (SSSR count). The van der Waals surface area contributed by atoms with Crippen LogP contribution in [-0.2, 0) is 11.8 Å². The maximum absolute atomic E-state index is 12.2. The molecule has 1 saturated carbocycles. The van der Waals surface area contributed by atoms with Gasteiger partial charge in [-0.2, -0.15) is 5.10 Å². The summed E-state index contributed by atoms with van der Waals surface area (Å²) in [5, 5.41) is 7.53. The van der Waals surface area contributed by atoms with Crippen LogP contribution in [0.25, 0.3) is 0 Å². The summed E-state index contributed by atoms with van der Waals surface area (Å²) in [4.78, 5) is 12.2. The number of aromatic nitrogens is 2. The van der Waals surface area contributed by atoms with Gasteiger partial charge in [0, 0.05) is 12.6 Å². The molecule has 0 saturated heterocycles. The van der Waals surface area contributed by atoms with E-state index in [1.807, 2.05) is 27.0 Å². The molecule has 150 valence electrons. The smallest absolute Gasteiger partial charge is 0.235 e. The van der Waals surface area contributed by atoms with Crippen LogP contribution in [0.15, 0.2) is 18.2 Å². The highest BCUT2D eigenvalue weighted by Gasteiger charge is 2.30. The molecule has 1 fully saturated rings. The molecule has 1 aromatic carbocycles. The number of benzene rings is 1. The van der Waals surface area contributed by atoms with Crippen LogP contribution in [0.4, 0.5) is 5.82 Å². The molecule has 2 heterocycles. The van der Waals surface area contributed by atoms with Crippen LogP contribution in [-0.4, -0.2) is 34.2 Å². The Morgan fingerprint density at radius 3 is 2.82 bits per heavy atom. The number of fused-ring (bicyclic) bond motifs is 1. The fourth-order valence-corrected chi connectivity index (χ4v) is 5.23. The van der Waals surface area contributed by atoms with Gasteiger partial charge in [0.05, 0.1) is 29.4 Å². The summed E-state index contributed by atoms with van der Waals surface area (Å²) in [5.74, 6) is 2.78. The number of thioether (sulfide) groups is 1. The van der Waals surface area contributed by atoms with Gasteiger partial charge in [0.2, 0.25) is 5.91 Å². The molecule has 0 unspecified atom stereocenters. The van der Waals surface area contributed by atoms with Crippen molar-refractivity contribution in [2.45, 2.75) is 50.9 Å². The van der Waals surface area contributed by atoms with Crippen LogP contribution in [0.2, 0.25) is 0 Å². The zero-order valence-corrected chi connectivity index (χ0v) is 17.5. The molecule has 1 aromatic heterocycles. The van der Waals surface area contributed by atoms with E-state index in [0.29, 0.717) is 12.4 Å². The minimum absolute atomic E-state index is 0.00275. The number of amides is 1. The van der Waals surface area contributed by atoms with Crippen molar-refractivity contribution in [1.29, 1.82) is 0 Å². The highest BCUT2D eigenvalue weighted by atomic mass is 32.2. The van der Waals surface area contributed by atoms with Crippen LogP contribution < -0.4 is 14.8 Å². The molecule has 1 N–H and O–H groups in total. The lowest BCUT2D eigenvalue weighted by Gasteiger charge is -2.20. The Morgan fingerprint density at radius 2 is 2.07 bits per heavy atom. The summed E-state index contributed by atoms with van der Waals surface area (Å²) in [6, 6.07) is 6.18. The molecule has 2 aromatic rings. The largest absolute Gasteiger partial charge is 0.490 e. The number of carbonyl (C=O) groups excluding carboxylic acids is 1. The number of anilines is 1. The van der Waals surface area contributed by atoms with E-state index in [4.69, 9.17) is 9.47 Å². The Balaban J connectivity index is 1.70. The number of aryl methyl sites for hydroxylation is 2. The summed E-state index contributed by atoms with van der Waals surface area (Å²) in [5.41, 5.74) is 3.09. The third-order valence-electron chi connectivity index (χ3n) is 5.34. The van der Waals surface area contributed by atoms with E-state index in [-0.39, 0.29) is 17.3 Å². The average Bonchev–Trinajstić information content (AvgIpc) is 3.21. The van der Waals surface area contributed by atoms with Gasteiger partial charge in [-0.1, -0.05) is 6.07 Å². The fraction of sp³-hybridized carbons (Fsp3) is 0.524. The van der Waals surface area contributed by atoms with Crippen molar-refractivity contribution >= 4 is 23.5 Å². The number of nitrogens with one attached hydrogen (secondary N) is 1. The molecule has 1 aliphatic carbocycles. The van der Waals surface area contributed by atoms with E-state index in [1.165, 1.54) is 12.8 Å². The zero-order chi connectivity index (χ0) is 19.7. The third-order valence-corrected chi connectivity index (χ3v) is 6.61. The number of hydrogen-bond donors (Lipinski definition) is 1. The van der Waals surface area contributed by atoms with Crippen molar-refractivity contribution in [3.63, 3.8) is 0 Å². The number of ether oxygens (including phenoxy) is 2. The zero-order valence-electron chi connectivity index (χ0n) is 16.7. The second kappa shape index (κ2) is 8.07. The molecule has 1 aliphatic heterocycles. The molecule has 6 nitrogen and oxygen atoms in total. The van der Waals surface area contributed by atoms with Crippen LogP contribution in [0.1, 0.15) is 54.7 Å². The first-order valence-corrected chi connectivity index (χ1v) is 11.0. The number of hydrogen-bond acceptors (Lipinski definition) is 5. The second-order valence-corrected chi connectivity index (χ2v) is 8.47. The number of rotatable bonds is 5. The summed E-state index contributed by atoms with van der Waals surface area (Å²) >= 11 is 1.62. The van der Waals surface area contributed by atoms with Gasteiger partial charge in [-0.3, -0.25) is 9.48 Å². The van der Waals surface area contributed by atoms with Crippen molar-refractivity contribution in [1.82, 2.24) is 9.78 Å². The predicted molar refractivity (Wildman–Crippen MR) is 111 cm³/mol. The molecule has 0 spiro atoms. The lowest BCUT2D eigenvalue weighted by molar-refractivity contribution is -0.113. The van der Waals surface area contributed by atoms with E-state index in [1.54, 1.807) is 16.4 Å². The molecular weight excluding hydrogens is 374 g/mol.